The van der Waals surface area contributed by atoms with Gasteiger partial charge in [-0.2, -0.15) is 16.4 Å². The average Bonchev–Trinajstić information content (AvgIpc) is 3.51. The van der Waals surface area contributed by atoms with Crippen molar-refractivity contribution in [1.29, 1.82) is 0 Å². The van der Waals surface area contributed by atoms with Crippen molar-refractivity contribution in [1.82, 2.24) is 15.3 Å². The van der Waals surface area contributed by atoms with E-state index < -0.39 is 5.91 Å². The van der Waals surface area contributed by atoms with Crippen LogP contribution in [0.4, 0.5) is 0 Å². The maximum absolute atomic E-state index is 13.3. The molecule has 0 aliphatic rings. The van der Waals surface area contributed by atoms with E-state index in [-0.39, 0.29) is 28.8 Å². The van der Waals surface area contributed by atoms with Gasteiger partial charge in [0.2, 0.25) is 0 Å². The average molecular weight is 585 g/mol. The second-order valence-electron chi connectivity index (χ2n) is 9.10. The predicted molar refractivity (Wildman–Crippen MR) is 160 cm³/mol. The number of aromatic nitrogens is 1. The monoisotopic (exact) mass is 584 g/mol. The Hall–Kier alpha value is -4.73. The molecular weight excluding hydrogens is 560 g/mol. The Morgan fingerprint density at radius 1 is 1.02 bits per heavy atom. The summed E-state index contributed by atoms with van der Waals surface area (Å²) in [5.74, 6) is -0.160. The fraction of sp³-hybridized carbons (Fsp3) is 0.0968. The summed E-state index contributed by atoms with van der Waals surface area (Å²) in [6, 6.07) is 21.2. The highest BCUT2D eigenvalue weighted by atomic mass is 35.5. The molecule has 0 aliphatic heterocycles. The van der Waals surface area contributed by atoms with Crippen LogP contribution < -0.4 is 10.2 Å². The van der Waals surface area contributed by atoms with E-state index >= 15 is 0 Å². The molecule has 0 bridgehead atoms. The van der Waals surface area contributed by atoms with Gasteiger partial charge in [0.05, 0.1) is 11.2 Å². The highest BCUT2D eigenvalue weighted by molar-refractivity contribution is 7.07. The van der Waals surface area contributed by atoms with Gasteiger partial charge in [-0.15, -0.1) is 0 Å². The molecule has 206 valence electrons. The number of carbonyl (C=O) groups is 2. The van der Waals surface area contributed by atoms with E-state index in [9.17, 15) is 14.7 Å². The number of carbonyl (C=O) groups excluding carboxylic acids is 2. The number of benzene rings is 3. The molecule has 2 aromatic heterocycles. The maximum Gasteiger partial charge on any atom is 0.271 e. The van der Waals surface area contributed by atoms with Crippen LogP contribution in [-0.4, -0.2) is 39.6 Å². The standard InChI is InChI=1S/C31H25ClN4O4S/c32-27-14-23(7-9-28(27)37)31(39)35-34-16-24-8-10-29(26-6-2-1-5-25(24)26)40-19-30(38)36(18-22-11-13-41-20-22)17-21-4-3-12-33-15-21/h1-16,20,37H,17-19H2,(H,35,39). The van der Waals surface area contributed by atoms with Crippen molar-refractivity contribution in [3.63, 3.8) is 0 Å². The molecule has 3 aromatic carbocycles. The molecule has 2 heterocycles. The van der Waals surface area contributed by atoms with Crippen LogP contribution in [0.25, 0.3) is 10.8 Å². The molecule has 2 amide bonds. The molecule has 41 heavy (non-hydrogen) atoms. The van der Waals surface area contributed by atoms with E-state index in [0.29, 0.717) is 18.8 Å². The number of pyridine rings is 1. The minimum absolute atomic E-state index is 0.0772. The number of ether oxygens (including phenoxy) is 1. The topological polar surface area (TPSA) is 104 Å². The van der Waals surface area contributed by atoms with Gasteiger partial charge in [-0.05, 0) is 69.7 Å². The number of rotatable bonds is 10. The summed E-state index contributed by atoms with van der Waals surface area (Å²) >= 11 is 7.48. The first-order valence-electron chi connectivity index (χ1n) is 12.6. The Morgan fingerprint density at radius 2 is 1.85 bits per heavy atom. The van der Waals surface area contributed by atoms with Crippen molar-refractivity contribution in [2.45, 2.75) is 13.1 Å². The van der Waals surface area contributed by atoms with Gasteiger partial charge in [0.25, 0.3) is 11.8 Å². The number of phenolic OH excluding ortho intramolecular Hbond substituents is 1. The Bertz CT molecular complexity index is 1690. The van der Waals surface area contributed by atoms with Gasteiger partial charge < -0.3 is 14.7 Å². The van der Waals surface area contributed by atoms with Gasteiger partial charge in [-0.25, -0.2) is 5.43 Å². The molecule has 0 atom stereocenters. The second-order valence-corrected chi connectivity index (χ2v) is 10.3. The molecule has 10 heteroatoms. The maximum atomic E-state index is 13.3. The van der Waals surface area contributed by atoms with Crippen LogP contribution in [0.3, 0.4) is 0 Å². The van der Waals surface area contributed by atoms with Crippen LogP contribution in [0.15, 0.2) is 101 Å². The summed E-state index contributed by atoms with van der Waals surface area (Å²) in [5, 5.41) is 19.4. The third-order valence-corrected chi connectivity index (χ3v) is 7.29. The molecular formula is C31H25ClN4O4S. The molecule has 5 rings (SSSR count). The lowest BCUT2D eigenvalue weighted by Crippen LogP contribution is -2.34. The smallest absolute Gasteiger partial charge is 0.271 e. The zero-order valence-corrected chi connectivity index (χ0v) is 23.3. The lowest BCUT2D eigenvalue weighted by atomic mass is 10.0. The first-order valence-corrected chi connectivity index (χ1v) is 13.9. The number of fused-ring (bicyclic) bond motifs is 1. The van der Waals surface area contributed by atoms with Crippen LogP contribution in [0.2, 0.25) is 5.02 Å². The Labute approximate surface area is 245 Å². The minimum atomic E-state index is -0.468. The number of nitrogens with one attached hydrogen (secondary N) is 1. The Morgan fingerprint density at radius 3 is 2.61 bits per heavy atom. The number of hydrogen-bond donors (Lipinski definition) is 2. The van der Waals surface area contributed by atoms with Crippen LogP contribution >= 0.6 is 22.9 Å². The number of aromatic hydroxyl groups is 1. The molecule has 0 fully saturated rings. The summed E-state index contributed by atoms with van der Waals surface area (Å²) in [7, 11) is 0. The fourth-order valence-electron chi connectivity index (χ4n) is 4.18. The summed E-state index contributed by atoms with van der Waals surface area (Å²) in [6.07, 6.45) is 5.00. The summed E-state index contributed by atoms with van der Waals surface area (Å²) < 4.78 is 6.04. The largest absolute Gasteiger partial charge is 0.506 e. The molecule has 0 radical (unpaired) electrons. The second kappa shape index (κ2) is 13.1. The number of halogens is 1. The fourth-order valence-corrected chi connectivity index (χ4v) is 5.02. The summed E-state index contributed by atoms with van der Waals surface area (Å²) in [6.45, 7) is 0.760. The zero-order valence-electron chi connectivity index (χ0n) is 21.7. The van der Waals surface area contributed by atoms with Crippen LogP contribution in [0.5, 0.6) is 11.5 Å². The molecule has 0 saturated carbocycles. The highest BCUT2D eigenvalue weighted by Crippen LogP contribution is 2.28. The number of amides is 2. The number of phenols is 1. The van der Waals surface area contributed by atoms with Gasteiger partial charge in [0, 0.05) is 42.0 Å². The molecule has 0 spiro atoms. The minimum Gasteiger partial charge on any atom is -0.506 e. The molecule has 0 unspecified atom stereocenters. The molecule has 8 nitrogen and oxygen atoms in total. The first kappa shape index (κ1) is 27.8. The van der Waals surface area contributed by atoms with Crippen LogP contribution in [0, 0.1) is 0 Å². The van der Waals surface area contributed by atoms with Gasteiger partial charge in [-0.3, -0.25) is 14.6 Å². The Balaban J connectivity index is 1.29. The van der Waals surface area contributed by atoms with Crippen molar-refractivity contribution in [3.8, 4) is 11.5 Å². The van der Waals surface area contributed by atoms with E-state index in [0.717, 1.165) is 27.5 Å². The molecule has 5 aromatic rings. The normalized spacial score (nSPS) is 11.0. The number of hydrazone groups is 1. The molecule has 0 aliphatic carbocycles. The zero-order chi connectivity index (χ0) is 28.6. The number of nitrogens with zero attached hydrogens (tertiary/aromatic N) is 3. The van der Waals surface area contributed by atoms with E-state index in [4.69, 9.17) is 16.3 Å². The van der Waals surface area contributed by atoms with E-state index in [1.54, 1.807) is 34.7 Å². The van der Waals surface area contributed by atoms with Crippen molar-refractivity contribution >= 4 is 51.7 Å². The van der Waals surface area contributed by atoms with Crippen molar-refractivity contribution in [3.05, 3.63) is 123 Å². The third-order valence-electron chi connectivity index (χ3n) is 6.25. The van der Waals surface area contributed by atoms with Crippen LogP contribution in [0.1, 0.15) is 27.0 Å². The summed E-state index contributed by atoms with van der Waals surface area (Å²) in [5.41, 5.74) is 5.47. The lowest BCUT2D eigenvalue weighted by Gasteiger charge is -2.23. The van der Waals surface area contributed by atoms with E-state index in [2.05, 4.69) is 15.5 Å². The van der Waals surface area contributed by atoms with E-state index in [1.165, 1.54) is 24.4 Å². The highest BCUT2D eigenvalue weighted by Gasteiger charge is 2.17. The number of hydrogen-bond acceptors (Lipinski definition) is 7. The van der Waals surface area contributed by atoms with Gasteiger partial charge in [0.1, 0.15) is 11.5 Å². The van der Waals surface area contributed by atoms with Crippen LogP contribution in [-0.2, 0) is 17.9 Å². The first-order chi connectivity index (χ1) is 20.0. The SMILES string of the molecule is O=C(NN=Cc1ccc(OCC(=O)N(Cc2cccnc2)Cc2ccsc2)c2ccccc12)c1ccc(O)c(Cl)c1. The van der Waals surface area contributed by atoms with Crippen molar-refractivity contribution < 1.29 is 19.4 Å². The quantitative estimate of drug-likeness (QED) is 0.154. The van der Waals surface area contributed by atoms with E-state index in [1.807, 2.05) is 59.3 Å². The van der Waals surface area contributed by atoms with Gasteiger partial charge in [0.15, 0.2) is 6.61 Å². The predicted octanol–water partition coefficient (Wildman–Crippen LogP) is 6.03. The molecule has 0 saturated heterocycles. The summed E-state index contributed by atoms with van der Waals surface area (Å²) in [4.78, 5) is 31.6. The van der Waals surface area contributed by atoms with Crippen molar-refractivity contribution in [2.24, 2.45) is 5.10 Å². The third kappa shape index (κ3) is 7.08. The van der Waals surface area contributed by atoms with Gasteiger partial charge in [-0.1, -0.05) is 41.9 Å². The molecule has 2 N–H and O–H groups in total. The van der Waals surface area contributed by atoms with Gasteiger partial charge >= 0.3 is 0 Å². The lowest BCUT2D eigenvalue weighted by molar-refractivity contribution is -0.134. The van der Waals surface area contributed by atoms with Crippen molar-refractivity contribution in [2.75, 3.05) is 6.61 Å². The number of thiophene rings is 1. The Kier molecular flexibility index (Phi) is 8.88.